The predicted octanol–water partition coefficient (Wildman–Crippen LogP) is 1.25. The van der Waals surface area contributed by atoms with E-state index in [-0.39, 0.29) is 26.1 Å². The summed E-state index contributed by atoms with van der Waals surface area (Å²) in [6, 6.07) is 0. The summed E-state index contributed by atoms with van der Waals surface area (Å²) in [5, 5.41) is 0. The molecule has 0 aromatic carbocycles. The van der Waals surface area contributed by atoms with Crippen LogP contribution in [0.3, 0.4) is 0 Å². The van der Waals surface area contributed by atoms with Crippen LogP contribution in [0.5, 0.6) is 0 Å². The fourth-order valence-corrected chi connectivity index (χ4v) is 0. The molecule has 0 amide bonds. The molecule has 3 N–H and O–H groups in total. The van der Waals surface area contributed by atoms with Gasteiger partial charge >= 0.3 is 42.2 Å². The topological polar surface area (TPSA) is 35.0 Å². The van der Waals surface area contributed by atoms with E-state index in [1.165, 1.54) is 0 Å². The maximum atomic E-state index is 2.48. The van der Waals surface area contributed by atoms with Crippen LogP contribution in [0.1, 0.15) is 0 Å². The Labute approximate surface area is 47.8 Å². The summed E-state index contributed by atoms with van der Waals surface area (Å²) in [6.07, 6.45) is 0. The average Bonchev–Trinajstić information content (AvgIpc) is 0.918. The summed E-state index contributed by atoms with van der Waals surface area (Å²) in [4.78, 5) is 0. The summed E-state index contributed by atoms with van der Waals surface area (Å²) >= 11 is 2.54. The van der Waals surface area contributed by atoms with Crippen molar-refractivity contribution in [3.05, 3.63) is 0 Å². The zero-order valence-corrected chi connectivity index (χ0v) is 8.63. The van der Waals surface area contributed by atoms with E-state index in [1.54, 1.807) is 0 Å². The Morgan fingerprint density at radius 2 is 1.75 bits per heavy atom. The Kier molecular flexibility index (Phi) is 20.2. The molecule has 0 heterocycles. The van der Waals surface area contributed by atoms with Crippen molar-refractivity contribution >= 4 is 37.7 Å². The van der Waals surface area contributed by atoms with Crippen LogP contribution in [0.2, 0.25) is 4.48 Å². The Bertz CT molecular complexity index is 8.00. The predicted molar refractivity (Wildman–Crippen MR) is 30.7 cm³/mol. The van der Waals surface area contributed by atoms with Crippen molar-refractivity contribution in [3.8, 4) is 0 Å². The van der Waals surface area contributed by atoms with Gasteiger partial charge in [-0.2, -0.15) is 0 Å². The summed E-state index contributed by atoms with van der Waals surface area (Å²) < 4.78 is 2.31. The van der Waals surface area contributed by atoms with Gasteiger partial charge in [-0.1, -0.05) is 0 Å². The van der Waals surface area contributed by atoms with Gasteiger partial charge in [0.25, 0.3) is 0 Å². The van der Waals surface area contributed by atoms with Gasteiger partial charge in [0, 0.05) is 0 Å². The first-order valence-corrected chi connectivity index (χ1v) is 15.5. The van der Waals surface area contributed by atoms with Crippen molar-refractivity contribution in [2.75, 3.05) is 0 Å². The number of halogens is 1. The Balaban J connectivity index is 0. The molecule has 0 aromatic rings. The zero-order valence-electron chi connectivity index (χ0n) is 2.59. The fraction of sp³-hybridized carbons (Fsp3) is 1.00. The Morgan fingerprint density at radius 3 is 1.75 bits per heavy atom. The fourth-order valence-electron chi connectivity index (χ4n) is 0. The van der Waals surface area contributed by atoms with Crippen molar-refractivity contribution in [1.29, 1.82) is 0 Å². The molecule has 0 fully saturated rings. The molecule has 4 heavy (non-hydrogen) atoms. The molecule has 0 aliphatic rings. The van der Waals surface area contributed by atoms with Gasteiger partial charge < -0.3 is 6.15 Å². The monoisotopic (exact) mass is 367 g/mol. The van der Waals surface area contributed by atoms with Gasteiger partial charge in [0.2, 0.25) is 0 Å². The molecule has 0 bridgehead atoms. The van der Waals surface area contributed by atoms with Crippen LogP contribution in [0, 0.1) is 0 Å². The van der Waals surface area contributed by atoms with Crippen molar-refractivity contribution < 1.29 is 0 Å². The van der Waals surface area contributed by atoms with Crippen LogP contribution in [-0.2, 0) is 0 Å². The third kappa shape index (κ3) is 9.48. The van der Waals surface area contributed by atoms with Crippen molar-refractivity contribution in [2.45, 2.75) is 4.48 Å². The van der Waals surface area contributed by atoms with E-state index in [1.807, 2.05) is 0 Å². The molecule has 0 aromatic heterocycles. The molecule has 0 aliphatic carbocycles. The van der Waals surface area contributed by atoms with Gasteiger partial charge in [-0.15, -0.1) is 0 Å². The molecule has 0 saturated carbocycles. The van der Waals surface area contributed by atoms with Gasteiger partial charge in [0.15, 0.2) is 0 Å². The van der Waals surface area contributed by atoms with Gasteiger partial charge in [-0.05, 0) is 0 Å². The SMILES string of the molecule is N.[CH3][Pb][I]. The van der Waals surface area contributed by atoms with Crippen LogP contribution in [0.25, 0.3) is 0 Å². The molecular formula is CH6INPb. The second-order valence-corrected chi connectivity index (χ2v) is 11.1. The van der Waals surface area contributed by atoms with E-state index in [0.717, 1.165) is 0 Å². The standard InChI is InChI=1S/CH3.HI.H3N.Pb/h1H3;1H;1H3;/q;;;+1/p-1. The minimum absolute atomic E-state index is 0. The summed E-state index contributed by atoms with van der Waals surface area (Å²) in [5.74, 6) is 0. The molecule has 2 radical (unpaired) electrons. The summed E-state index contributed by atoms with van der Waals surface area (Å²) in [6.45, 7) is 0. The van der Waals surface area contributed by atoms with Crippen molar-refractivity contribution in [2.24, 2.45) is 0 Å². The van der Waals surface area contributed by atoms with Gasteiger partial charge in [-0.25, -0.2) is 0 Å². The van der Waals surface area contributed by atoms with Crippen LogP contribution >= 0.6 is 17.8 Å². The average molecular weight is 366 g/mol. The van der Waals surface area contributed by atoms with E-state index in [4.69, 9.17) is 0 Å². The molecule has 0 aliphatic heterocycles. The molecular weight excluding hydrogens is 360 g/mol. The third-order valence-corrected chi connectivity index (χ3v) is 0. The number of rotatable bonds is 0. The Hall–Kier alpha value is 1.61. The molecule has 1 nitrogen and oxygen atoms in total. The molecule has 3 heteroatoms. The first-order chi connectivity index (χ1) is 1.41. The number of hydrogen-bond donors (Lipinski definition) is 1. The third-order valence-electron chi connectivity index (χ3n) is 0. The molecule has 0 saturated heterocycles. The van der Waals surface area contributed by atoms with E-state index in [2.05, 4.69) is 22.2 Å². The molecule has 0 spiro atoms. The quantitative estimate of drug-likeness (QED) is 0.509. The first-order valence-electron chi connectivity index (χ1n) is 0.689. The molecule has 26 valence electrons. The van der Waals surface area contributed by atoms with E-state index < -0.39 is 0 Å². The van der Waals surface area contributed by atoms with E-state index in [0.29, 0.717) is 0 Å². The second kappa shape index (κ2) is 8.82. The zero-order chi connectivity index (χ0) is 2.71. The van der Waals surface area contributed by atoms with Crippen LogP contribution in [0.4, 0.5) is 0 Å². The molecule has 0 atom stereocenters. The number of hydrogen-bond acceptors (Lipinski definition) is 1. The van der Waals surface area contributed by atoms with Gasteiger partial charge in [-0.3, -0.25) is 0 Å². The Morgan fingerprint density at radius 1 is 1.75 bits per heavy atom. The molecule has 0 rings (SSSR count). The first kappa shape index (κ1) is 9.15. The summed E-state index contributed by atoms with van der Waals surface area (Å²) in [5.41, 5.74) is 0. The van der Waals surface area contributed by atoms with Crippen LogP contribution in [0.15, 0.2) is 0 Å². The van der Waals surface area contributed by atoms with Crippen LogP contribution in [-0.4, -0.2) is 19.9 Å². The van der Waals surface area contributed by atoms with Crippen molar-refractivity contribution in [3.63, 3.8) is 0 Å². The van der Waals surface area contributed by atoms with Gasteiger partial charge in [0.05, 0.1) is 0 Å². The minimum atomic E-state index is 0. The van der Waals surface area contributed by atoms with E-state index in [9.17, 15) is 0 Å². The van der Waals surface area contributed by atoms with Crippen LogP contribution < -0.4 is 6.15 Å². The maximum absolute atomic E-state index is 2.48. The second-order valence-electron chi connectivity index (χ2n) is 0.189. The van der Waals surface area contributed by atoms with E-state index >= 15 is 0 Å². The van der Waals surface area contributed by atoms with Crippen molar-refractivity contribution in [1.82, 2.24) is 6.15 Å². The van der Waals surface area contributed by atoms with Gasteiger partial charge in [0.1, 0.15) is 0 Å². The normalized spacial score (nSPS) is 4.50. The molecule has 0 unspecified atom stereocenters. The summed E-state index contributed by atoms with van der Waals surface area (Å²) in [7, 11) is 0.